The number of hydrogen-bond donors (Lipinski definition) is 1. The molecule has 1 saturated heterocycles. The van der Waals surface area contributed by atoms with Crippen molar-refractivity contribution in [2.45, 2.75) is 44.9 Å². The van der Waals surface area contributed by atoms with Crippen molar-refractivity contribution in [2.75, 3.05) is 13.2 Å². The summed E-state index contributed by atoms with van der Waals surface area (Å²) in [5.74, 6) is -0.345. The predicted molar refractivity (Wildman–Crippen MR) is 97.2 cm³/mol. The van der Waals surface area contributed by atoms with Crippen LogP contribution in [0.1, 0.15) is 48.2 Å². The summed E-state index contributed by atoms with van der Waals surface area (Å²) in [6.45, 7) is 4.52. The van der Waals surface area contributed by atoms with Crippen molar-refractivity contribution in [3.05, 3.63) is 70.5 Å². The van der Waals surface area contributed by atoms with Gasteiger partial charge in [0.05, 0.1) is 24.3 Å². The molecule has 0 spiro atoms. The Balaban J connectivity index is 1.82. The average molecular weight is 397 g/mol. The fourth-order valence-electron chi connectivity index (χ4n) is 3.25. The minimum absolute atomic E-state index is 0.340. The maximum Gasteiger partial charge on any atom is 0.416 e. The number of ether oxygens (including phenoxy) is 2. The van der Waals surface area contributed by atoms with Gasteiger partial charge in [-0.15, -0.1) is 0 Å². The van der Waals surface area contributed by atoms with Gasteiger partial charge in [0, 0.05) is 6.54 Å². The Morgan fingerprint density at radius 3 is 2.54 bits per heavy atom. The number of halogens is 4. The standard InChI is InChI=1S/C21H23F4NO2/c1-3-14-10-16(12-17(11-14)21(23,24)25)13(2)28-20-19(26-8-9-27-20)15-4-6-18(22)7-5-15/h4-7,10-13,19-20,26H,3,8-9H2,1-2H3/t13-,19+,20-/m0/s1. The van der Waals surface area contributed by atoms with Gasteiger partial charge >= 0.3 is 6.18 Å². The monoisotopic (exact) mass is 397 g/mol. The Hall–Kier alpha value is -1.96. The van der Waals surface area contributed by atoms with Crippen LogP contribution in [0.5, 0.6) is 0 Å². The van der Waals surface area contributed by atoms with E-state index in [0.717, 1.165) is 17.7 Å². The first-order valence-electron chi connectivity index (χ1n) is 9.25. The van der Waals surface area contributed by atoms with Crippen LogP contribution in [0.4, 0.5) is 17.6 Å². The van der Waals surface area contributed by atoms with E-state index in [-0.39, 0.29) is 11.9 Å². The molecule has 2 aromatic rings. The topological polar surface area (TPSA) is 30.5 Å². The van der Waals surface area contributed by atoms with Crippen LogP contribution < -0.4 is 5.32 Å². The molecule has 1 heterocycles. The maximum absolute atomic E-state index is 13.2. The number of hydrogen-bond acceptors (Lipinski definition) is 3. The van der Waals surface area contributed by atoms with Crippen LogP contribution in [0, 0.1) is 5.82 Å². The predicted octanol–water partition coefficient (Wildman–Crippen LogP) is 5.17. The summed E-state index contributed by atoms with van der Waals surface area (Å²) in [5, 5.41) is 3.27. The molecule has 0 saturated carbocycles. The summed E-state index contributed by atoms with van der Waals surface area (Å²) >= 11 is 0. The zero-order chi connectivity index (χ0) is 20.3. The second kappa shape index (κ2) is 8.59. The molecule has 1 aliphatic rings. The molecule has 0 amide bonds. The van der Waals surface area contributed by atoms with Gasteiger partial charge in [0.2, 0.25) is 0 Å². The highest BCUT2D eigenvalue weighted by atomic mass is 19.4. The fraction of sp³-hybridized carbons (Fsp3) is 0.429. The van der Waals surface area contributed by atoms with Crippen LogP contribution in [-0.2, 0) is 22.1 Å². The number of aryl methyl sites for hydroxylation is 1. The van der Waals surface area contributed by atoms with E-state index in [1.807, 2.05) is 6.92 Å². The van der Waals surface area contributed by atoms with E-state index in [0.29, 0.717) is 30.7 Å². The second-order valence-corrected chi connectivity index (χ2v) is 6.82. The van der Waals surface area contributed by atoms with Crippen LogP contribution in [-0.4, -0.2) is 19.4 Å². The number of nitrogens with one attached hydrogen (secondary N) is 1. The van der Waals surface area contributed by atoms with Crippen LogP contribution >= 0.6 is 0 Å². The zero-order valence-electron chi connectivity index (χ0n) is 15.7. The van der Waals surface area contributed by atoms with Gasteiger partial charge in [-0.1, -0.05) is 25.1 Å². The lowest BCUT2D eigenvalue weighted by atomic mass is 10.0. The van der Waals surface area contributed by atoms with Crippen LogP contribution in [0.3, 0.4) is 0 Å². The van der Waals surface area contributed by atoms with Gasteiger partial charge in [-0.3, -0.25) is 0 Å². The molecule has 1 aliphatic heterocycles. The minimum Gasteiger partial charge on any atom is -0.349 e. The second-order valence-electron chi connectivity index (χ2n) is 6.82. The minimum atomic E-state index is -4.42. The summed E-state index contributed by atoms with van der Waals surface area (Å²) in [6, 6.07) is 9.66. The normalized spacial score (nSPS) is 21.5. The smallest absolute Gasteiger partial charge is 0.349 e. The van der Waals surface area contributed by atoms with Crippen molar-refractivity contribution in [3.8, 4) is 0 Å². The number of morpholine rings is 1. The molecular weight excluding hydrogens is 374 g/mol. The molecule has 3 nitrogen and oxygen atoms in total. The quantitative estimate of drug-likeness (QED) is 0.706. The van der Waals surface area contributed by atoms with Gasteiger partial charge in [-0.2, -0.15) is 13.2 Å². The third kappa shape index (κ3) is 4.90. The molecule has 0 aliphatic carbocycles. The van der Waals surface area contributed by atoms with E-state index in [1.165, 1.54) is 12.1 Å². The summed E-state index contributed by atoms with van der Waals surface area (Å²) in [4.78, 5) is 0. The Labute approximate surface area is 161 Å². The zero-order valence-corrected chi connectivity index (χ0v) is 15.7. The van der Waals surface area contributed by atoms with E-state index in [4.69, 9.17) is 9.47 Å². The van der Waals surface area contributed by atoms with Crippen molar-refractivity contribution in [2.24, 2.45) is 0 Å². The highest BCUT2D eigenvalue weighted by Crippen LogP contribution is 2.34. The van der Waals surface area contributed by atoms with Gasteiger partial charge in [-0.05, 0) is 54.3 Å². The number of rotatable bonds is 5. The maximum atomic E-state index is 13.2. The molecule has 0 radical (unpaired) electrons. The number of benzene rings is 2. The summed E-state index contributed by atoms with van der Waals surface area (Å²) < 4.78 is 64.6. The third-order valence-electron chi connectivity index (χ3n) is 4.81. The highest BCUT2D eigenvalue weighted by molar-refractivity contribution is 5.33. The summed E-state index contributed by atoms with van der Waals surface area (Å²) in [6.07, 6.45) is -5.24. The van der Waals surface area contributed by atoms with Gasteiger partial charge in [0.1, 0.15) is 5.82 Å². The third-order valence-corrected chi connectivity index (χ3v) is 4.81. The summed E-state index contributed by atoms with van der Waals surface area (Å²) in [7, 11) is 0. The van der Waals surface area contributed by atoms with Gasteiger partial charge in [0.15, 0.2) is 6.29 Å². The molecule has 0 aromatic heterocycles. The van der Waals surface area contributed by atoms with Crippen LogP contribution in [0.15, 0.2) is 42.5 Å². The van der Waals surface area contributed by atoms with Gasteiger partial charge < -0.3 is 14.8 Å². The molecule has 28 heavy (non-hydrogen) atoms. The molecular formula is C21H23F4NO2. The van der Waals surface area contributed by atoms with Crippen molar-refractivity contribution in [3.63, 3.8) is 0 Å². The highest BCUT2D eigenvalue weighted by Gasteiger charge is 2.33. The Morgan fingerprint density at radius 1 is 1.18 bits per heavy atom. The van der Waals surface area contributed by atoms with Crippen molar-refractivity contribution in [1.82, 2.24) is 5.32 Å². The molecule has 0 unspecified atom stereocenters. The van der Waals surface area contributed by atoms with Crippen LogP contribution in [0.25, 0.3) is 0 Å². The van der Waals surface area contributed by atoms with E-state index >= 15 is 0 Å². The first-order chi connectivity index (χ1) is 13.3. The van der Waals surface area contributed by atoms with Crippen molar-refractivity contribution >= 4 is 0 Å². The molecule has 1 N–H and O–H groups in total. The van der Waals surface area contributed by atoms with Gasteiger partial charge in [0.25, 0.3) is 0 Å². The van der Waals surface area contributed by atoms with Gasteiger partial charge in [-0.25, -0.2) is 4.39 Å². The average Bonchev–Trinajstić information content (AvgIpc) is 2.68. The van der Waals surface area contributed by atoms with Crippen LogP contribution in [0.2, 0.25) is 0 Å². The first-order valence-corrected chi connectivity index (χ1v) is 9.25. The molecule has 0 bridgehead atoms. The number of alkyl halides is 3. The van der Waals surface area contributed by atoms with Crippen molar-refractivity contribution < 1.29 is 27.0 Å². The Kier molecular flexibility index (Phi) is 6.37. The lowest BCUT2D eigenvalue weighted by Crippen LogP contribution is -2.43. The lowest BCUT2D eigenvalue weighted by Gasteiger charge is -2.34. The Morgan fingerprint density at radius 2 is 1.89 bits per heavy atom. The van der Waals surface area contributed by atoms with E-state index in [1.54, 1.807) is 25.1 Å². The lowest BCUT2D eigenvalue weighted by molar-refractivity contribution is -0.200. The van der Waals surface area contributed by atoms with E-state index < -0.39 is 24.1 Å². The van der Waals surface area contributed by atoms with Crippen molar-refractivity contribution in [1.29, 1.82) is 0 Å². The van der Waals surface area contributed by atoms with E-state index in [2.05, 4.69) is 5.32 Å². The fourth-order valence-corrected chi connectivity index (χ4v) is 3.25. The summed E-state index contributed by atoms with van der Waals surface area (Å²) in [5.41, 5.74) is 1.14. The molecule has 3 rings (SSSR count). The molecule has 152 valence electrons. The molecule has 2 aromatic carbocycles. The Bertz CT molecular complexity index is 792. The SMILES string of the molecule is CCc1cc([C@H](C)O[C@@H]2OCCN[C@@H]2c2ccc(F)cc2)cc(C(F)(F)F)c1. The molecule has 1 fully saturated rings. The first kappa shape index (κ1) is 20.8. The van der Waals surface area contributed by atoms with E-state index in [9.17, 15) is 17.6 Å². The molecule has 7 heteroatoms. The molecule has 3 atom stereocenters. The largest absolute Gasteiger partial charge is 0.416 e.